The summed E-state index contributed by atoms with van der Waals surface area (Å²) in [5, 5.41) is 0. The number of benzene rings is 1. The molecule has 1 unspecified atom stereocenters. The smallest absolute Gasteiger partial charge is 0.223 e. The lowest BCUT2D eigenvalue weighted by molar-refractivity contribution is -0.133. The molecule has 2 N–H and O–H groups in total. The standard InChI is InChI=1S/C17H28N2O/c1-6-19(12-14-8-7-9-15(18)11-14)16(20)10-13(2)17(3,4)5/h7-9,11,13H,6,10,12,18H2,1-5H3. The van der Waals surface area contributed by atoms with E-state index in [1.54, 1.807) is 0 Å². The third kappa shape index (κ3) is 4.87. The normalized spacial score (nSPS) is 13.1. The Morgan fingerprint density at radius 3 is 2.50 bits per heavy atom. The fourth-order valence-corrected chi connectivity index (χ4v) is 1.99. The molecule has 0 fully saturated rings. The molecule has 1 aromatic rings. The van der Waals surface area contributed by atoms with Crippen LogP contribution in [0.25, 0.3) is 0 Å². The number of rotatable bonds is 5. The molecule has 0 radical (unpaired) electrons. The molecule has 0 aliphatic rings. The van der Waals surface area contributed by atoms with Gasteiger partial charge in [0.2, 0.25) is 5.91 Å². The number of amides is 1. The first kappa shape index (κ1) is 16.5. The second-order valence-electron chi connectivity index (χ2n) is 6.62. The van der Waals surface area contributed by atoms with Crippen LogP contribution in [0, 0.1) is 11.3 Å². The highest BCUT2D eigenvalue weighted by Crippen LogP contribution is 2.28. The zero-order chi connectivity index (χ0) is 15.3. The summed E-state index contributed by atoms with van der Waals surface area (Å²) in [5.74, 6) is 0.585. The van der Waals surface area contributed by atoms with Crippen LogP contribution in [0.5, 0.6) is 0 Å². The van der Waals surface area contributed by atoms with E-state index in [0.717, 1.165) is 17.8 Å². The van der Waals surface area contributed by atoms with Crippen LogP contribution in [-0.4, -0.2) is 17.4 Å². The lowest BCUT2D eigenvalue weighted by Gasteiger charge is -2.29. The van der Waals surface area contributed by atoms with E-state index in [9.17, 15) is 4.79 Å². The Balaban J connectivity index is 2.69. The van der Waals surface area contributed by atoms with Gasteiger partial charge in [0.05, 0.1) is 0 Å². The molecule has 1 atom stereocenters. The first-order valence-electron chi connectivity index (χ1n) is 7.36. The van der Waals surface area contributed by atoms with Crippen molar-refractivity contribution in [2.75, 3.05) is 12.3 Å². The van der Waals surface area contributed by atoms with Crippen LogP contribution in [0.4, 0.5) is 5.69 Å². The van der Waals surface area contributed by atoms with Gasteiger partial charge < -0.3 is 10.6 Å². The van der Waals surface area contributed by atoms with Crippen molar-refractivity contribution in [3.8, 4) is 0 Å². The van der Waals surface area contributed by atoms with Gasteiger partial charge in [-0.15, -0.1) is 0 Å². The van der Waals surface area contributed by atoms with Crippen molar-refractivity contribution in [2.45, 2.75) is 47.6 Å². The molecular formula is C17H28N2O. The summed E-state index contributed by atoms with van der Waals surface area (Å²) in [6.07, 6.45) is 0.597. The predicted octanol–water partition coefficient (Wildman–Crippen LogP) is 3.69. The van der Waals surface area contributed by atoms with E-state index in [0.29, 0.717) is 18.9 Å². The van der Waals surface area contributed by atoms with Gasteiger partial charge in [0.1, 0.15) is 0 Å². The Hall–Kier alpha value is -1.51. The number of anilines is 1. The van der Waals surface area contributed by atoms with Gasteiger partial charge in [-0.3, -0.25) is 4.79 Å². The number of hydrogen-bond acceptors (Lipinski definition) is 2. The zero-order valence-electron chi connectivity index (χ0n) is 13.4. The minimum atomic E-state index is 0.159. The molecular weight excluding hydrogens is 248 g/mol. The van der Waals surface area contributed by atoms with Gasteiger partial charge in [0.25, 0.3) is 0 Å². The summed E-state index contributed by atoms with van der Waals surface area (Å²) >= 11 is 0. The molecule has 3 heteroatoms. The van der Waals surface area contributed by atoms with Crippen molar-refractivity contribution in [1.29, 1.82) is 0 Å². The maximum absolute atomic E-state index is 12.4. The van der Waals surface area contributed by atoms with Crippen molar-refractivity contribution in [3.05, 3.63) is 29.8 Å². The van der Waals surface area contributed by atoms with Gasteiger partial charge in [-0.1, -0.05) is 39.8 Å². The van der Waals surface area contributed by atoms with Crippen molar-refractivity contribution in [2.24, 2.45) is 11.3 Å². The van der Waals surface area contributed by atoms with Crippen molar-refractivity contribution < 1.29 is 4.79 Å². The molecule has 112 valence electrons. The van der Waals surface area contributed by atoms with E-state index in [4.69, 9.17) is 5.73 Å². The van der Waals surface area contributed by atoms with Crippen molar-refractivity contribution >= 4 is 11.6 Å². The average molecular weight is 276 g/mol. The summed E-state index contributed by atoms with van der Waals surface area (Å²) in [4.78, 5) is 14.3. The molecule has 0 heterocycles. The van der Waals surface area contributed by atoms with Crippen LogP contribution in [-0.2, 0) is 11.3 Å². The Kier molecular flexibility index (Phi) is 5.61. The van der Waals surface area contributed by atoms with Crippen molar-refractivity contribution in [3.63, 3.8) is 0 Å². The van der Waals surface area contributed by atoms with Gasteiger partial charge >= 0.3 is 0 Å². The third-order valence-corrected chi connectivity index (χ3v) is 4.02. The average Bonchev–Trinajstić information content (AvgIpc) is 2.34. The van der Waals surface area contributed by atoms with Crippen LogP contribution >= 0.6 is 0 Å². The number of carbonyl (C=O) groups excluding carboxylic acids is 1. The molecule has 1 amide bonds. The van der Waals surface area contributed by atoms with Crippen LogP contribution < -0.4 is 5.73 Å². The second-order valence-corrected chi connectivity index (χ2v) is 6.62. The number of nitrogen functional groups attached to an aromatic ring is 1. The van der Waals surface area contributed by atoms with Gasteiger partial charge in [-0.2, -0.15) is 0 Å². The molecule has 0 aromatic heterocycles. The quantitative estimate of drug-likeness (QED) is 0.834. The zero-order valence-corrected chi connectivity index (χ0v) is 13.4. The highest BCUT2D eigenvalue weighted by molar-refractivity contribution is 5.76. The predicted molar refractivity (Wildman–Crippen MR) is 85.2 cm³/mol. The Morgan fingerprint density at radius 2 is 2.00 bits per heavy atom. The number of hydrogen-bond donors (Lipinski definition) is 1. The largest absolute Gasteiger partial charge is 0.399 e. The summed E-state index contributed by atoms with van der Waals surface area (Å²) < 4.78 is 0. The topological polar surface area (TPSA) is 46.3 Å². The fourth-order valence-electron chi connectivity index (χ4n) is 1.99. The highest BCUT2D eigenvalue weighted by atomic mass is 16.2. The maximum Gasteiger partial charge on any atom is 0.223 e. The SMILES string of the molecule is CCN(Cc1cccc(N)c1)C(=O)CC(C)C(C)(C)C. The van der Waals surface area contributed by atoms with Gasteiger partial charge in [-0.25, -0.2) is 0 Å². The van der Waals surface area contributed by atoms with Crippen molar-refractivity contribution in [1.82, 2.24) is 4.90 Å². The molecule has 1 rings (SSSR count). The summed E-state index contributed by atoms with van der Waals surface area (Å²) in [6.45, 7) is 12.1. The van der Waals surface area contributed by atoms with E-state index in [1.165, 1.54) is 0 Å². The molecule has 0 bridgehead atoms. The Bertz CT molecular complexity index is 449. The Morgan fingerprint density at radius 1 is 1.35 bits per heavy atom. The van der Waals surface area contributed by atoms with Gasteiger partial charge in [0.15, 0.2) is 0 Å². The maximum atomic E-state index is 12.4. The van der Waals surface area contributed by atoms with Crippen LogP contribution in [0.15, 0.2) is 24.3 Å². The molecule has 0 saturated heterocycles. The second kappa shape index (κ2) is 6.78. The van der Waals surface area contributed by atoms with Gasteiger partial charge in [-0.05, 0) is 36.0 Å². The van der Waals surface area contributed by atoms with E-state index in [1.807, 2.05) is 36.1 Å². The Labute approximate surface area is 123 Å². The van der Waals surface area contributed by atoms with Gasteiger partial charge in [0, 0.05) is 25.2 Å². The number of nitrogens with zero attached hydrogens (tertiary/aromatic N) is 1. The van der Waals surface area contributed by atoms with Crippen LogP contribution in [0.2, 0.25) is 0 Å². The number of carbonyl (C=O) groups is 1. The minimum Gasteiger partial charge on any atom is -0.399 e. The summed E-state index contributed by atoms with van der Waals surface area (Å²) in [5.41, 5.74) is 7.78. The number of nitrogens with two attached hydrogens (primary N) is 1. The van der Waals surface area contributed by atoms with E-state index in [2.05, 4.69) is 27.7 Å². The first-order valence-corrected chi connectivity index (χ1v) is 7.36. The summed E-state index contributed by atoms with van der Waals surface area (Å²) in [7, 11) is 0. The van der Waals surface area contributed by atoms with Crippen LogP contribution in [0.1, 0.15) is 46.6 Å². The lowest BCUT2D eigenvalue weighted by Crippen LogP contribution is -2.33. The monoisotopic (exact) mass is 276 g/mol. The minimum absolute atomic E-state index is 0.159. The molecule has 0 aliphatic carbocycles. The highest BCUT2D eigenvalue weighted by Gasteiger charge is 2.24. The molecule has 3 nitrogen and oxygen atoms in total. The van der Waals surface area contributed by atoms with E-state index in [-0.39, 0.29) is 11.3 Å². The van der Waals surface area contributed by atoms with E-state index < -0.39 is 0 Å². The lowest BCUT2D eigenvalue weighted by atomic mass is 9.80. The third-order valence-electron chi connectivity index (χ3n) is 4.02. The fraction of sp³-hybridized carbons (Fsp3) is 0.588. The molecule has 20 heavy (non-hydrogen) atoms. The molecule has 1 aromatic carbocycles. The van der Waals surface area contributed by atoms with E-state index >= 15 is 0 Å². The molecule has 0 spiro atoms. The molecule has 0 saturated carbocycles. The molecule has 0 aliphatic heterocycles. The first-order chi connectivity index (χ1) is 9.24. The van der Waals surface area contributed by atoms with Crippen LogP contribution in [0.3, 0.4) is 0 Å². The summed E-state index contributed by atoms with van der Waals surface area (Å²) in [6, 6.07) is 7.74.